The monoisotopic (exact) mass is 559 g/mol. The van der Waals surface area contributed by atoms with Crippen molar-refractivity contribution in [1.82, 2.24) is 4.90 Å². The van der Waals surface area contributed by atoms with Crippen LogP contribution in [0.3, 0.4) is 0 Å². The number of carbonyl (C=O) groups is 3. The minimum absolute atomic E-state index is 0.119. The van der Waals surface area contributed by atoms with Crippen molar-refractivity contribution >= 4 is 34.2 Å². The number of benzene rings is 2. The molecule has 212 valence electrons. The second kappa shape index (κ2) is 8.77. The first kappa shape index (κ1) is 26.8. The van der Waals surface area contributed by atoms with Crippen molar-refractivity contribution in [3.8, 4) is 17.1 Å². The first-order valence-corrected chi connectivity index (χ1v) is 13.0. The van der Waals surface area contributed by atoms with Gasteiger partial charge in [0.25, 0.3) is 5.91 Å². The fraction of sp³-hybridized carbons (Fsp3) is 0.300. The lowest BCUT2D eigenvalue weighted by Gasteiger charge is -2.56. The molecule has 1 amide bonds. The van der Waals surface area contributed by atoms with E-state index < -0.39 is 81.4 Å². The Labute approximate surface area is 233 Å². The van der Waals surface area contributed by atoms with E-state index in [0.29, 0.717) is 16.9 Å². The van der Waals surface area contributed by atoms with Crippen molar-refractivity contribution in [2.75, 3.05) is 14.1 Å². The third kappa shape index (κ3) is 3.33. The van der Waals surface area contributed by atoms with Crippen molar-refractivity contribution in [3.63, 3.8) is 0 Å². The van der Waals surface area contributed by atoms with Gasteiger partial charge in [0.15, 0.2) is 11.6 Å². The molecule has 0 radical (unpaired) electrons. The van der Waals surface area contributed by atoms with Gasteiger partial charge in [-0.1, -0.05) is 36.9 Å². The largest absolute Gasteiger partial charge is 0.873 e. The molecule has 6 rings (SSSR count). The second-order valence-electron chi connectivity index (χ2n) is 11.1. The lowest BCUT2D eigenvalue weighted by Crippen LogP contribution is -2.71. The van der Waals surface area contributed by atoms with Gasteiger partial charge in [0.05, 0.1) is 28.8 Å². The number of nitrogens with zero attached hydrogens (tertiary/aromatic N) is 1. The number of Topliss-reactive ketones (excluding diaryl/α,β-unsaturated/α-hetero) is 2. The summed E-state index contributed by atoms with van der Waals surface area (Å²) in [4.78, 5) is 40.7. The van der Waals surface area contributed by atoms with Gasteiger partial charge in [0, 0.05) is 22.8 Å². The maximum absolute atomic E-state index is 14.1. The molecule has 3 aromatic rings. The summed E-state index contributed by atoms with van der Waals surface area (Å²) in [6.07, 6.45) is -1.69. The molecule has 1 saturated carbocycles. The fourth-order valence-corrected chi connectivity index (χ4v) is 6.91. The quantitative estimate of drug-likeness (QED) is 0.285. The van der Waals surface area contributed by atoms with Crippen molar-refractivity contribution < 1.29 is 44.3 Å². The van der Waals surface area contributed by atoms with Crippen LogP contribution in [-0.4, -0.2) is 74.6 Å². The highest BCUT2D eigenvalue weighted by Crippen LogP contribution is 2.56. The Morgan fingerprint density at radius 1 is 1.12 bits per heavy atom. The number of nitrogens with two attached hydrogens (primary N) is 1. The van der Waals surface area contributed by atoms with Gasteiger partial charge in [-0.15, -0.1) is 0 Å². The summed E-state index contributed by atoms with van der Waals surface area (Å²) in [5, 5.41) is 60.5. The van der Waals surface area contributed by atoms with Gasteiger partial charge >= 0.3 is 0 Å². The van der Waals surface area contributed by atoms with E-state index in [0.717, 1.165) is 5.39 Å². The Morgan fingerprint density at radius 2 is 1.80 bits per heavy atom. The number of aromatic hydroxyl groups is 1. The zero-order valence-corrected chi connectivity index (χ0v) is 22.3. The second-order valence-corrected chi connectivity index (χ2v) is 11.1. The van der Waals surface area contributed by atoms with Crippen LogP contribution in [0.25, 0.3) is 28.1 Å². The number of aliphatic hydroxyl groups is 3. The Balaban J connectivity index is 1.59. The predicted molar refractivity (Wildman–Crippen MR) is 143 cm³/mol. The zero-order valence-electron chi connectivity index (χ0n) is 22.3. The predicted octanol–water partition coefficient (Wildman–Crippen LogP) is 0.711. The van der Waals surface area contributed by atoms with Gasteiger partial charge < -0.3 is 35.7 Å². The van der Waals surface area contributed by atoms with E-state index in [4.69, 9.17) is 10.2 Å². The molecule has 0 aliphatic heterocycles. The number of aliphatic hydroxyl groups excluding tert-OH is 2. The number of likely N-dealkylation sites (N-methyl/N-ethyl adjacent to an activating group) is 1. The topological polar surface area (TPSA) is 198 Å². The van der Waals surface area contributed by atoms with Gasteiger partial charge in [-0.3, -0.25) is 19.3 Å². The molecular weight excluding hydrogens is 532 g/mol. The van der Waals surface area contributed by atoms with Gasteiger partial charge in [-0.05, 0) is 43.8 Å². The number of para-hydroxylation sites is 1. The molecule has 6 N–H and O–H groups in total. The number of amides is 1. The number of fused-ring (bicyclic) bond motifs is 4. The highest BCUT2D eigenvalue weighted by molar-refractivity contribution is 6.24. The third-order valence-electron chi connectivity index (χ3n) is 8.80. The number of ketones is 2. The van der Waals surface area contributed by atoms with E-state index in [1.54, 1.807) is 37.3 Å². The zero-order chi connectivity index (χ0) is 29.7. The molecule has 11 heteroatoms. The van der Waals surface area contributed by atoms with E-state index >= 15 is 0 Å². The highest BCUT2D eigenvalue weighted by Gasteiger charge is 2.65. The molecule has 0 saturated heterocycles. The summed E-state index contributed by atoms with van der Waals surface area (Å²) < 4.78 is 5.88. The van der Waals surface area contributed by atoms with Crippen LogP contribution < -0.4 is 10.8 Å². The Bertz CT molecular complexity index is 1720. The van der Waals surface area contributed by atoms with Crippen molar-refractivity contribution in [1.29, 1.82) is 0 Å². The first-order valence-electron chi connectivity index (χ1n) is 13.0. The molecular formula is C30H27N2O9-. The average Bonchev–Trinajstić information content (AvgIpc) is 3.34. The summed E-state index contributed by atoms with van der Waals surface area (Å²) in [6, 6.07) is 10.7. The van der Waals surface area contributed by atoms with E-state index in [1.165, 1.54) is 19.0 Å². The Hall–Kier alpha value is -4.45. The van der Waals surface area contributed by atoms with Gasteiger partial charge in [-0.25, -0.2) is 0 Å². The molecule has 3 aliphatic carbocycles. The third-order valence-corrected chi connectivity index (χ3v) is 8.80. The minimum atomic E-state index is -3.07. The lowest BCUT2D eigenvalue weighted by atomic mass is 9.54. The summed E-state index contributed by atoms with van der Waals surface area (Å²) in [7, 11) is 2.88. The number of furan rings is 1. The standard InChI is InChI=1S/C30H28N2O9/c1-11-13-8-9-14(16-10-12-6-4-5-7-15(12)41-16)23(33)18(13)24(34)19-17(11)25(35)21-22(32(2)3)26(36)20(29(31)39)28(38)30(21,40)27(19)37/h4-11,17,21-22,25,33-35,38,40H,1-3H3,(H2,31,39)/p-1/t11-,17+,21+,22-,25-,30-/m0/s1. The van der Waals surface area contributed by atoms with Crippen LogP contribution in [0, 0.1) is 11.8 Å². The number of hydrogen-bond acceptors (Lipinski definition) is 10. The Kier molecular flexibility index (Phi) is 5.73. The molecule has 1 heterocycles. The smallest absolute Gasteiger partial charge is 0.251 e. The molecule has 41 heavy (non-hydrogen) atoms. The maximum Gasteiger partial charge on any atom is 0.251 e. The Morgan fingerprint density at radius 3 is 2.44 bits per heavy atom. The maximum atomic E-state index is 14.1. The molecule has 0 bridgehead atoms. The minimum Gasteiger partial charge on any atom is -0.873 e. The summed E-state index contributed by atoms with van der Waals surface area (Å²) in [5.74, 6) is -9.62. The van der Waals surface area contributed by atoms with Gasteiger partial charge in [0.1, 0.15) is 28.5 Å². The van der Waals surface area contributed by atoms with E-state index in [1.807, 2.05) is 12.1 Å². The van der Waals surface area contributed by atoms with E-state index in [-0.39, 0.29) is 11.1 Å². The highest BCUT2D eigenvalue weighted by atomic mass is 16.4. The number of phenols is 1. The lowest BCUT2D eigenvalue weighted by molar-refractivity contribution is -0.341. The van der Waals surface area contributed by atoms with Crippen LogP contribution in [0.5, 0.6) is 5.75 Å². The molecule has 2 aromatic carbocycles. The normalized spacial score (nSPS) is 29.6. The van der Waals surface area contributed by atoms with Gasteiger partial charge in [0.2, 0.25) is 0 Å². The summed E-state index contributed by atoms with van der Waals surface area (Å²) in [6.45, 7) is 1.66. The number of phenolic OH excluding ortho intramolecular Hbond substituents is 1. The molecule has 0 unspecified atom stereocenters. The molecule has 6 atom stereocenters. The average molecular weight is 560 g/mol. The van der Waals surface area contributed by atoms with Crippen LogP contribution in [0.4, 0.5) is 0 Å². The molecule has 11 nitrogen and oxygen atoms in total. The summed E-state index contributed by atoms with van der Waals surface area (Å²) in [5.41, 5.74) is 1.74. The molecule has 0 spiro atoms. The first-order chi connectivity index (χ1) is 19.3. The van der Waals surface area contributed by atoms with Crippen LogP contribution >= 0.6 is 0 Å². The number of hydrogen-bond donors (Lipinski definition) is 5. The van der Waals surface area contributed by atoms with Crippen LogP contribution in [0.2, 0.25) is 0 Å². The van der Waals surface area contributed by atoms with E-state index in [2.05, 4.69) is 0 Å². The van der Waals surface area contributed by atoms with Crippen molar-refractivity contribution in [3.05, 3.63) is 70.5 Å². The van der Waals surface area contributed by atoms with Gasteiger partial charge in [-0.2, -0.15) is 0 Å². The number of primary amides is 1. The number of rotatable bonds is 3. The van der Waals surface area contributed by atoms with E-state index in [9.17, 15) is 39.9 Å². The van der Waals surface area contributed by atoms with Crippen LogP contribution in [0.1, 0.15) is 24.0 Å². The molecule has 3 aliphatic rings. The number of carbonyl (C=O) groups excluding carboxylic acids is 3. The van der Waals surface area contributed by atoms with Crippen molar-refractivity contribution in [2.45, 2.75) is 30.6 Å². The molecule has 1 fully saturated rings. The SMILES string of the molecule is C[C@H]1c2ccc(-c3cc4ccccc4o3)c(O)c2C(O)=C2C(=O)[C@]3(O)C([O-])=C(C(N)=O)C(=O)[C@@H](N(C)C)[C@@H]3[C@@H](O)[C@@H]21. The van der Waals surface area contributed by atoms with Crippen LogP contribution in [0.15, 0.2) is 63.8 Å². The fourth-order valence-electron chi connectivity index (χ4n) is 6.91. The summed E-state index contributed by atoms with van der Waals surface area (Å²) >= 11 is 0. The molecule has 1 aromatic heterocycles. The van der Waals surface area contributed by atoms with Crippen molar-refractivity contribution in [2.24, 2.45) is 17.6 Å². The van der Waals surface area contributed by atoms with Crippen LogP contribution in [-0.2, 0) is 14.4 Å².